The Kier molecular flexibility index (Phi) is 3.16. The largest absolute Gasteiger partial charge is 0.361 e. The number of anilines is 1. The van der Waals surface area contributed by atoms with E-state index in [9.17, 15) is 9.18 Å². The maximum atomic E-state index is 13.4. The molecule has 20 heavy (non-hydrogen) atoms. The van der Waals surface area contributed by atoms with Crippen molar-refractivity contribution in [2.45, 2.75) is 0 Å². The second-order valence-corrected chi connectivity index (χ2v) is 4.68. The molecule has 3 rings (SSSR count). The second kappa shape index (κ2) is 4.98. The Balaban J connectivity index is 1.97. The van der Waals surface area contributed by atoms with Crippen LogP contribution in [0.3, 0.4) is 0 Å². The van der Waals surface area contributed by atoms with Crippen LogP contribution in [-0.4, -0.2) is 10.9 Å². The number of benzene rings is 2. The highest BCUT2D eigenvalue weighted by Gasteiger charge is 2.14. The summed E-state index contributed by atoms with van der Waals surface area (Å²) in [7, 11) is 0. The number of H-pyrrole nitrogens is 1. The van der Waals surface area contributed by atoms with Crippen molar-refractivity contribution >= 4 is 34.1 Å². The smallest absolute Gasteiger partial charge is 0.257 e. The fraction of sp³-hybridized carbons (Fsp3) is 0. The molecule has 0 bridgehead atoms. The molecule has 0 fully saturated rings. The molecule has 0 unspecified atom stereocenters. The monoisotopic (exact) mass is 288 g/mol. The maximum absolute atomic E-state index is 13.4. The SMILES string of the molecule is O=C(Nc1cccc2[nH]ccc12)c1cccc(F)c1Cl. The van der Waals surface area contributed by atoms with Crippen LogP contribution in [0.15, 0.2) is 48.7 Å². The zero-order valence-corrected chi connectivity index (χ0v) is 11.0. The minimum absolute atomic E-state index is 0.110. The van der Waals surface area contributed by atoms with E-state index in [2.05, 4.69) is 10.3 Å². The Morgan fingerprint density at radius 2 is 1.95 bits per heavy atom. The number of aromatic nitrogens is 1. The lowest BCUT2D eigenvalue weighted by Gasteiger charge is -2.08. The molecule has 1 heterocycles. The number of hydrogen-bond acceptors (Lipinski definition) is 1. The van der Waals surface area contributed by atoms with Gasteiger partial charge in [-0.25, -0.2) is 4.39 Å². The Hall–Kier alpha value is -2.33. The van der Waals surface area contributed by atoms with E-state index in [-0.39, 0.29) is 10.6 Å². The van der Waals surface area contributed by atoms with Gasteiger partial charge >= 0.3 is 0 Å². The zero-order chi connectivity index (χ0) is 14.1. The Morgan fingerprint density at radius 3 is 2.80 bits per heavy atom. The fourth-order valence-corrected chi connectivity index (χ4v) is 2.28. The summed E-state index contributed by atoms with van der Waals surface area (Å²) in [4.78, 5) is 15.2. The van der Waals surface area contributed by atoms with Gasteiger partial charge in [0, 0.05) is 17.1 Å². The van der Waals surface area contributed by atoms with Gasteiger partial charge in [0.2, 0.25) is 0 Å². The first-order valence-electron chi connectivity index (χ1n) is 5.98. The number of nitrogens with one attached hydrogen (secondary N) is 2. The van der Waals surface area contributed by atoms with Gasteiger partial charge in [0.1, 0.15) is 5.82 Å². The summed E-state index contributed by atoms with van der Waals surface area (Å²) in [5.74, 6) is -1.05. The summed E-state index contributed by atoms with van der Waals surface area (Å²) in [6.07, 6.45) is 1.79. The van der Waals surface area contributed by atoms with Crippen molar-refractivity contribution in [2.24, 2.45) is 0 Å². The number of halogens is 2. The molecule has 0 aliphatic rings. The summed E-state index contributed by atoms with van der Waals surface area (Å²) >= 11 is 5.81. The Labute approximate surface area is 119 Å². The van der Waals surface area contributed by atoms with E-state index in [1.807, 2.05) is 18.2 Å². The number of aromatic amines is 1. The first-order valence-corrected chi connectivity index (χ1v) is 6.36. The molecule has 0 spiro atoms. The summed E-state index contributed by atoms with van der Waals surface area (Å²) in [5.41, 5.74) is 1.67. The highest BCUT2D eigenvalue weighted by Crippen LogP contribution is 2.25. The molecule has 0 radical (unpaired) electrons. The van der Waals surface area contributed by atoms with Crippen LogP contribution in [-0.2, 0) is 0 Å². The molecule has 3 nitrogen and oxygen atoms in total. The molecule has 2 aromatic carbocycles. The molecule has 3 aromatic rings. The van der Waals surface area contributed by atoms with Crippen LogP contribution in [0.25, 0.3) is 10.9 Å². The van der Waals surface area contributed by atoms with Crippen LogP contribution in [0.1, 0.15) is 10.4 Å². The summed E-state index contributed by atoms with van der Waals surface area (Å²) in [5, 5.41) is 3.45. The number of carbonyl (C=O) groups is 1. The van der Waals surface area contributed by atoms with Crippen LogP contribution in [0, 0.1) is 5.82 Å². The molecular weight excluding hydrogens is 279 g/mol. The van der Waals surface area contributed by atoms with Gasteiger partial charge in [-0.15, -0.1) is 0 Å². The molecule has 1 aromatic heterocycles. The average molecular weight is 289 g/mol. The van der Waals surface area contributed by atoms with Gasteiger partial charge in [0.15, 0.2) is 0 Å². The predicted octanol–water partition coefficient (Wildman–Crippen LogP) is 4.21. The van der Waals surface area contributed by atoms with E-state index in [4.69, 9.17) is 11.6 Å². The fourth-order valence-electron chi connectivity index (χ4n) is 2.06. The normalized spacial score (nSPS) is 10.7. The topological polar surface area (TPSA) is 44.9 Å². The lowest BCUT2D eigenvalue weighted by atomic mass is 10.1. The van der Waals surface area contributed by atoms with Crippen molar-refractivity contribution < 1.29 is 9.18 Å². The van der Waals surface area contributed by atoms with E-state index in [0.29, 0.717) is 5.69 Å². The lowest BCUT2D eigenvalue weighted by Crippen LogP contribution is -2.13. The highest BCUT2D eigenvalue weighted by atomic mass is 35.5. The number of rotatable bonds is 2. The van der Waals surface area contributed by atoms with Gasteiger partial charge in [0.05, 0.1) is 16.3 Å². The van der Waals surface area contributed by atoms with E-state index < -0.39 is 11.7 Å². The summed E-state index contributed by atoms with van der Waals surface area (Å²) in [6.45, 7) is 0. The van der Waals surface area contributed by atoms with E-state index in [1.54, 1.807) is 12.3 Å². The number of fused-ring (bicyclic) bond motifs is 1. The van der Waals surface area contributed by atoms with Crippen molar-refractivity contribution in [1.82, 2.24) is 4.98 Å². The summed E-state index contributed by atoms with van der Waals surface area (Å²) in [6, 6.07) is 11.5. The molecule has 100 valence electrons. The van der Waals surface area contributed by atoms with Crippen LogP contribution in [0.4, 0.5) is 10.1 Å². The van der Waals surface area contributed by atoms with Gasteiger partial charge in [0.25, 0.3) is 5.91 Å². The number of amides is 1. The Bertz CT molecular complexity index is 797. The van der Waals surface area contributed by atoms with Gasteiger partial charge in [-0.3, -0.25) is 4.79 Å². The highest BCUT2D eigenvalue weighted by molar-refractivity contribution is 6.34. The number of hydrogen-bond donors (Lipinski definition) is 2. The third-order valence-electron chi connectivity index (χ3n) is 3.04. The summed E-state index contributed by atoms with van der Waals surface area (Å²) < 4.78 is 13.4. The first kappa shape index (κ1) is 12.7. The van der Waals surface area contributed by atoms with Crippen molar-refractivity contribution in [3.8, 4) is 0 Å². The maximum Gasteiger partial charge on any atom is 0.257 e. The van der Waals surface area contributed by atoms with E-state index in [1.165, 1.54) is 18.2 Å². The van der Waals surface area contributed by atoms with E-state index in [0.717, 1.165) is 10.9 Å². The molecule has 2 N–H and O–H groups in total. The minimum atomic E-state index is -0.612. The molecule has 0 atom stereocenters. The average Bonchev–Trinajstić information content (AvgIpc) is 2.91. The molecule has 1 amide bonds. The van der Waals surface area contributed by atoms with Gasteiger partial charge in [-0.2, -0.15) is 0 Å². The molecule has 0 saturated carbocycles. The third kappa shape index (κ3) is 2.14. The molecule has 0 aliphatic carbocycles. The van der Waals surface area contributed by atoms with Crippen molar-refractivity contribution in [2.75, 3.05) is 5.32 Å². The molecule has 0 aliphatic heterocycles. The standard InChI is InChI=1S/C15H10ClFN2O/c16-14-10(3-1-4-11(14)17)15(20)19-13-6-2-5-12-9(13)7-8-18-12/h1-8,18H,(H,19,20). The quantitative estimate of drug-likeness (QED) is 0.729. The van der Waals surface area contributed by atoms with Crippen molar-refractivity contribution in [3.05, 3.63) is 65.1 Å². The van der Waals surface area contributed by atoms with Gasteiger partial charge < -0.3 is 10.3 Å². The van der Waals surface area contributed by atoms with Crippen LogP contribution in [0.2, 0.25) is 5.02 Å². The van der Waals surface area contributed by atoms with Crippen molar-refractivity contribution in [1.29, 1.82) is 0 Å². The zero-order valence-electron chi connectivity index (χ0n) is 10.3. The number of carbonyl (C=O) groups excluding carboxylic acids is 1. The van der Waals surface area contributed by atoms with Crippen LogP contribution < -0.4 is 5.32 Å². The Morgan fingerprint density at radius 1 is 1.15 bits per heavy atom. The van der Waals surface area contributed by atoms with Crippen LogP contribution in [0.5, 0.6) is 0 Å². The van der Waals surface area contributed by atoms with Crippen LogP contribution >= 0.6 is 11.6 Å². The van der Waals surface area contributed by atoms with E-state index >= 15 is 0 Å². The molecule has 5 heteroatoms. The molecule has 0 saturated heterocycles. The lowest BCUT2D eigenvalue weighted by molar-refractivity contribution is 0.102. The predicted molar refractivity (Wildman–Crippen MR) is 77.7 cm³/mol. The first-order chi connectivity index (χ1) is 9.66. The van der Waals surface area contributed by atoms with Gasteiger partial charge in [-0.05, 0) is 30.3 Å². The minimum Gasteiger partial charge on any atom is -0.361 e. The van der Waals surface area contributed by atoms with Crippen molar-refractivity contribution in [3.63, 3.8) is 0 Å². The second-order valence-electron chi connectivity index (χ2n) is 4.30. The molecular formula is C15H10ClFN2O. The van der Waals surface area contributed by atoms with Gasteiger partial charge in [-0.1, -0.05) is 23.7 Å². The third-order valence-corrected chi connectivity index (χ3v) is 3.42.